The topological polar surface area (TPSA) is 82.5 Å². The van der Waals surface area contributed by atoms with Crippen molar-refractivity contribution < 1.29 is 14.7 Å². The van der Waals surface area contributed by atoms with Gasteiger partial charge in [-0.1, -0.05) is 36.4 Å². The molecule has 1 aromatic carbocycles. The number of nitrogens with zero attached hydrogens (tertiary/aromatic N) is 2. The first-order chi connectivity index (χ1) is 14.3. The summed E-state index contributed by atoms with van der Waals surface area (Å²) in [4.78, 5) is 31.1. The lowest BCUT2D eigenvalue weighted by atomic mass is 10.00. The molecule has 7 heteroatoms. The molecule has 2 aromatic rings. The minimum atomic E-state index is -1.32. The summed E-state index contributed by atoms with van der Waals surface area (Å²) in [7, 11) is 0. The second-order valence-electron chi connectivity index (χ2n) is 7.94. The van der Waals surface area contributed by atoms with Gasteiger partial charge in [0.25, 0.3) is 5.91 Å². The highest BCUT2D eigenvalue weighted by atomic mass is 32.2. The zero-order chi connectivity index (χ0) is 21.6. The normalized spacial score (nSPS) is 17.6. The summed E-state index contributed by atoms with van der Waals surface area (Å²) in [6, 6.07) is 12.4. The minimum Gasteiger partial charge on any atom is -0.381 e. The smallest absolute Gasteiger partial charge is 0.254 e. The van der Waals surface area contributed by atoms with Crippen LogP contribution in [-0.4, -0.2) is 56.1 Å². The van der Waals surface area contributed by atoms with Gasteiger partial charge in [-0.25, -0.2) is 0 Å². The van der Waals surface area contributed by atoms with E-state index < -0.39 is 12.1 Å². The Bertz CT molecular complexity index is 887. The van der Waals surface area contributed by atoms with Gasteiger partial charge in [0.15, 0.2) is 6.10 Å². The molecule has 2 heterocycles. The number of amides is 2. The van der Waals surface area contributed by atoms with Crippen molar-refractivity contribution in [2.24, 2.45) is 0 Å². The van der Waals surface area contributed by atoms with Gasteiger partial charge >= 0.3 is 0 Å². The van der Waals surface area contributed by atoms with E-state index in [0.29, 0.717) is 18.8 Å². The number of nitrogens with one attached hydrogen (secondary N) is 1. The predicted molar refractivity (Wildman–Crippen MR) is 120 cm³/mol. The molecule has 0 aliphatic carbocycles. The highest BCUT2D eigenvalue weighted by Gasteiger charge is 2.38. The number of carbonyl (C=O) groups is 2. The highest BCUT2D eigenvalue weighted by Crippen LogP contribution is 2.33. The number of thioether (sulfide) groups is 1. The Morgan fingerprint density at radius 2 is 2.03 bits per heavy atom. The average molecular weight is 426 g/mol. The average Bonchev–Trinajstić information content (AvgIpc) is 3.12. The van der Waals surface area contributed by atoms with Crippen LogP contribution in [-0.2, 0) is 16.0 Å². The molecule has 6 nitrogen and oxygen atoms in total. The molecule has 0 unspecified atom stereocenters. The number of benzene rings is 1. The molecule has 1 saturated heterocycles. The van der Waals surface area contributed by atoms with Crippen LogP contribution in [0, 0.1) is 0 Å². The number of aliphatic hydroxyl groups excluding tert-OH is 1. The lowest BCUT2D eigenvalue weighted by Crippen LogP contribution is -2.52. The SMILES string of the molecule is CC1(C)CN(C(=O)[C@@H](O)[C@H](Cc2ccccc2)NC(=O)/C=C/c2cccnc2)CS1. The van der Waals surface area contributed by atoms with Gasteiger partial charge in [0, 0.05) is 29.8 Å². The third-order valence-electron chi connectivity index (χ3n) is 4.87. The number of aromatic nitrogens is 1. The predicted octanol–water partition coefficient (Wildman–Crippen LogP) is 2.49. The quantitative estimate of drug-likeness (QED) is 0.666. The number of aliphatic hydroxyl groups is 1. The fraction of sp³-hybridized carbons (Fsp3) is 0.348. The van der Waals surface area contributed by atoms with Crippen molar-refractivity contribution in [2.45, 2.75) is 37.2 Å². The molecule has 0 spiro atoms. The van der Waals surface area contributed by atoms with Crippen LogP contribution in [0.4, 0.5) is 0 Å². The summed E-state index contributed by atoms with van der Waals surface area (Å²) in [5, 5.41) is 13.7. The van der Waals surface area contributed by atoms with Gasteiger partial charge in [-0.2, -0.15) is 0 Å². The Balaban J connectivity index is 1.71. The molecule has 1 aromatic heterocycles. The van der Waals surface area contributed by atoms with E-state index in [2.05, 4.69) is 24.1 Å². The van der Waals surface area contributed by atoms with E-state index in [-0.39, 0.29) is 16.6 Å². The summed E-state index contributed by atoms with van der Waals surface area (Å²) in [6.07, 6.45) is 5.38. The fourth-order valence-corrected chi connectivity index (χ4v) is 4.26. The minimum absolute atomic E-state index is 0.0417. The molecule has 2 amide bonds. The molecule has 0 saturated carbocycles. The highest BCUT2D eigenvalue weighted by molar-refractivity contribution is 8.00. The first-order valence-electron chi connectivity index (χ1n) is 9.87. The van der Waals surface area contributed by atoms with E-state index in [4.69, 9.17) is 0 Å². The Morgan fingerprint density at radius 3 is 2.67 bits per heavy atom. The summed E-state index contributed by atoms with van der Waals surface area (Å²) in [5.41, 5.74) is 1.72. The lowest BCUT2D eigenvalue weighted by Gasteiger charge is -2.27. The van der Waals surface area contributed by atoms with Crippen molar-refractivity contribution in [3.63, 3.8) is 0 Å². The van der Waals surface area contributed by atoms with Crippen LogP contribution in [0.25, 0.3) is 6.08 Å². The maximum Gasteiger partial charge on any atom is 0.254 e. The van der Waals surface area contributed by atoms with Crippen LogP contribution in [0.5, 0.6) is 0 Å². The molecule has 2 atom stereocenters. The number of carbonyl (C=O) groups excluding carboxylic acids is 2. The molecule has 0 bridgehead atoms. The molecular formula is C23H27N3O3S. The first-order valence-corrected chi connectivity index (χ1v) is 10.9. The van der Waals surface area contributed by atoms with Gasteiger partial charge in [0.05, 0.1) is 11.9 Å². The molecule has 3 rings (SSSR count). The van der Waals surface area contributed by atoms with E-state index in [1.807, 2.05) is 36.4 Å². The molecule has 1 aliphatic heterocycles. The second kappa shape index (κ2) is 9.91. The van der Waals surface area contributed by atoms with Crippen molar-refractivity contribution in [3.8, 4) is 0 Å². The maximum absolute atomic E-state index is 12.9. The standard InChI is InChI=1S/C23H27N3O3S/c1-23(2)15-26(16-30-23)22(29)21(28)19(13-17-7-4-3-5-8-17)25-20(27)11-10-18-9-6-12-24-14-18/h3-12,14,19,21,28H,13,15-16H2,1-2H3,(H,25,27)/b11-10+/t19-,21-/m0/s1. The number of pyridine rings is 1. The largest absolute Gasteiger partial charge is 0.381 e. The maximum atomic E-state index is 12.9. The van der Waals surface area contributed by atoms with Crippen LogP contribution < -0.4 is 5.32 Å². The second-order valence-corrected chi connectivity index (χ2v) is 9.59. The molecule has 1 aliphatic rings. The Morgan fingerprint density at radius 1 is 1.27 bits per heavy atom. The van der Waals surface area contributed by atoms with Crippen molar-refractivity contribution >= 4 is 29.7 Å². The van der Waals surface area contributed by atoms with Crippen LogP contribution in [0.3, 0.4) is 0 Å². The van der Waals surface area contributed by atoms with Gasteiger partial charge in [0.2, 0.25) is 5.91 Å². The number of hydrogen-bond donors (Lipinski definition) is 2. The molecular weight excluding hydrogens is 398 g/mol. The zero-order valence-electron chi connectivity index (χ0n) is 17.2. The van der Waals surface area contributed by atoms with Gasteiger partial charge in [-0.05, 0) is 43.5 Å². The Hall–Kier alpha value is -2.64. The van der Waals surface area contributed by atoms with Gasteiger partial charge in [-0.15, -0.1) is 11.8 Å². The third-order valence-corrected chi connectivity index (χ3v) is 6.22. The first kappa shape index (κ1) is 22.1. The molecule has 1 fully saturated rings. The zero-order valence-corrected chi connectivity index (χ0v) is 18.0. The van der Waals surface area contributed by atoms with E-state index >= 15 is 0 Å². The molecule has 158 valence electrons. The number of hydrogen-bond acceptors (Lipinski definition) is 5. The fourth-order valence-electron chi connectivity index (χ4n) is 3.29. The molecule has 30 heavy (non-hydrogen) atoms. The van der Waals surface area contributed by atoms with E-state index in [1.165, 1.54) is 6.08 Å². The van der Waals surface area contributed by atoms with E-state index in [9.17, 15) is 14.7 Å². The van der Waals surface area contributed by atoms with Crippen molar-refractivity contribution in [1.82, 2.24) is 15.2 Å². The molecule has 0 radical (unpaired) electrons. The molecule has 2 N–H and O–H groups in total. The Labute approximate surface area is 181 Å². The summed E-state index contributed by atoms with van der Waals surface area (Å²) >= 11 is 1.68. The summed E-state index contributed by atoms with van der Waals surface area (Å²) in [6.45, 7) is 4.72. The van der Waals surface area contributed by atoms with Gasteiger partial charge in [-0.3, -0.25) is 14.6 Å². The van der Waals surface area contributed by atoms with Gasteiger partial charge < -0.3 is 15.3 Å². The van der Waals surface area contributed by atoms with Crippen molar-refractivity contribution in [3.05, 3.63) is 72.1 Å². The monoisotopic (exact) mass is 425 g/mol. The third kappa shape index (κ3) is 6.18. The van der Waals surface area contributed by atoms with Crippen LogP contribution in [0.1, 0.15) is 25.0 Å². The van der Waals surface area contributed by atoms with Gasteiger partial charge in [0.1, 0.15) is 0 Å². The van der Waals surface area contributed by atoms with Crippen LogP contribution >= 0.6 is 11.8 Å². The van der Waals surface area contributed by atoms with Crippen molar-refractivity contribution in [1.29, 1.82) is 0 Å². The van der Waals surface area contributed by atoms with Crippen LogP contribution in [0.2, 0.25) is 0 Å². The summed E-state index contributed by atoms with van der Waals surface area (Å²) in [5.74, 6) is -0.191. The Kier molecular flexibility index (Phi) is 7.29. The van der Waals surface area contributed by atoms with E-state index in [1.54, 1.807) is 41.2 Å². The summed E-state index contributed by atoms with van der Waals surface area (Å²) < 4.78 is -0.0417. The van der Waals surface area contributed by atoms with E-state index in [0.717, 1.165) is 11.1 Å². The number of rotatable bonds is 7. The van der Waals surface area contributed by atoms with Crippen LogP contribution in [0.15, 0.2) is 60.9 Å². The lowest BCUT2D eigenvalue weighted by molar-refractivity contribution is -0.141. The van der Waals surface area contributed by atoms with Crippen molar-refractivity contribution in [2.75, 3.05) is 12.4 Å².